The van der Waals surface area contributed by atoms with Gasteiger partial charge in [-0.1, -0.05) is 63.8 Å². The summed E-state index contributed by atoms with van der Waals surface area (Å²) in [6.07, 6.45) is 11.5. The molecule has 0 bridgehead atoms. The highest BCUT2D eigenvalue weighted by Gasteiger charge is 2.35. The summed E-state index contributed by atoms with van der Waals surface area (Å²) in [5, 5.41) is 0. The molecule has 0 saturated heterocycles. The maximum atomic E-state index is 2.50. The van der Waals surface area contributed by atoms with E-state index in [2.05, 4.69) is 38.1 Å². The van der Waals surface area contributed by atoms with Crippen LogP contribution in [0.2, 0.25) is 0 Å². The minimum Gasteiger partial charge on any atom is -0.0620 e. The van der Waals surface area contributed by atoms with Crippen molar-refractivity contribution in [1.29, 1.82) is 0 Å². The van der Waals surface area contributed by atoms with Crippen LogP contribution >= 0.6 is 0 Å². The summed E-state index contributed by atoms with van der Waals surface area (Å²) in [6.45, 7) is 4.99. The van der Waals surface area contributed by atoms with Gasteiger partial charge in [0, 0.05) is 0 Å². The first-order valence-electron chi connectivity index (χ1n) is 8.29. The Hall–Kier alpha value is -0.780. The van der Waals surface area contributed by atoms with E-state index in [1.807, 2.05) is 0 Å². The van der Waals surface area contributed by atoms with Crippen molar-refractivity contribution in [2.45, 2.75) is 76.5 Å². The largest absolute Gasteiger partial charge is 0.0620 e. The van der Waals surface area contributed by atoms with Crippen LogP contribution in [0, 0.1) is 5.92 Å². The molecule has 0 heteroatoms. The molecular weight excluding hydrogens is 228 g/mol. The van der Waals surface area contributed by atoms with Crippen LogP contribution in [0.15, 0.2) is 24.3 Å². The summed E-state index contributed by atoms with van der Waals surface area (Å²) in [6, 6.07) is 9.35. The first-order valence-corrected chi connectivity index (χ1v) is 8.29. The van der Waals surface area contributed by atoms with Crippen molar-refractivity contribution in [2.75, 3.05) is 0 Å². The van der Waals surface area contributed by atoms with E-state index in [1.165, 1.54) is 51.4 Å². The lowest BCUT2D eigenvalue weighted by molar-refractivity contribution is 0.322. The average Bonchev–Trinajstić information content (AvgIpc) is 3.12. The van der Waals surface area contributed by atoms with Crippen LogP contribution in [0.4, 0.5) is 0 Å². The molecule has 0 N–H and O–H groups in total. The Morgan fingerprint density at radius 2 is 1.42 bits per heavy atom. The van der Waals surface area contributed by atoms with Gasteiger partial charge in [0.25, 0.3) is 0 Å². The van der Waals surface area contributed by atoms with Gasteiger partial charge in [0.15, 0.2) is 0 Å². The molecule has 2 aliphatic rings. The van der Waals surface area contributed by atoms with E-state index in [4.69, 9.17) is 0 Å². The predicted octanol–water partition coefficient (Wildman–Crippen LogP) is 5.81. The van der Waals surface area contributed by atoms with E-state index < -0.39 is 0 Å². The van der Waals surface area contributed by atoms with E-state index in [0.717, 1.165) is 11.8 Å². The van der Waals surface area contributed by atoms with E-state index in [-0.39, 0.29) is 0 Å². The summed E-state index contributed by atoms with van der Waals surface area (Å²) in [4.78, 5) is 0. The van der Waals surface area contributed by atoms with Gasteiger partial charge in [0.05, 0.1) is 0 Å². The molecule has 0 nitrogen and oxygen atoms in total. The molecule has 0 unspecified atom stereocenters. The first-order chi connectivity index (χ1) is 9.19. The SMILES string of the molecule is CC(C)(c1ccccc1C1CCCC1)C1CCCC1. The number of rotatable bonds is 3. The van der Waals surface area contributed by atoms with Gasteiger partial charge in [-0.2, -0.15) is 0 Å². The number of hydrogen-bond acceptors (Lipinski definition) is 0. The molecule has 0 atom stereocenters. The van der Waals surface area contributed by atoms with Gasteiger partial charge in [-0.15, -0.1) is 0 Å². The lowest BCUT2D eigenvalue weighted by Crippen LogP contribution is -2.28. The Bertz CT molecular complexity index is 417. The molecule has 3 rings (SSSR count). The fourth-order valence-electron chi connectivity index (χ4n) is 4.54. The zero-order valence-corrected chi connectivity index (χ0v) is 12.6. The molecule has 1 aromatic carbocycles. The topological polar surface area (TPSA) is 0 Å². The third-order valence-electron chi connectivity index (χ3n) is 5.83. The second kappa shape index (κ2) is 5.31. The highest BCUT2D eigenvalue weighted by atomic mass is 14.4. The van der Waals surface area contributed by atoms with Gasteiger partial charge in [-0.05, 0) is 54.1 Å². The van der Waals surface area contributed by atoms with Crippen LogP contribution in [0.3, 0.4) is 0 Å². The molecule has 2 aliphatic carbocycles. The fourth-order valence-corrected chi connectivity index (χ4v) is 4.54. The van der Waals surface area contributed by atoms with Gasteiger partial charge in [0.2, 0.25) is 0 Å². The zero-order chi connectivity index (χ0) is 13.3. The lowest BCUT2D eigenvalue weighted by atomic mass is 9.69. The second-order valence-corrected chi connectivity index (χ2v) is 7.27. The molecule has 0 radical (unpaired) electrons. The monoisotopic (exact) mass is 256 g/mol. The average molecular weight is 256 g/mol. The highest BCUT2D eigenvalue weighted by Crippen LogP contribution is 2.46. The van der Waals surface area contributed by atoms with Crippen LogP contribution in [0.1, 0.15) is 82.3 Å². The Labute approximate surface area is 118 Å². The van der Waals surface area contributed by atoms with Crippen LogP contribution in [-0.4, -0.2) is 0 Å². The summed E-state index contributed by atoms with van der Waals surface area (Å²) < 4.78 is 0. The van der Waals surface area contributed by atoms with Gasteiger partial charge in [-0.3, -0.25) is 0 Å². The van der Waals surface area contributed by atoms with Crippen LogP contribution < -0.4 is 0 Å². The quantitative estimate of drug-likeness (QED) is 0.640. The molecule has 2 fully saturated rings. The van der Waals surface area contributed by atoms with Gasteiger partial charge in [0.1, 0.15) is 0 Å². The Morgan fingerprint density at radius 1 is 0.842 bits per heavy atom. The van der Waals surface area contributed by atoms with Gasteiger partial charge in [-0.25, -0.2) is 0 Å². The smallest absolute Gasteiger partial charge is 0.00725 e. The molecule has 2 saturated carbocycles. The highest BCUT2D eigenvalue weighted by molar-refractivity contribution is 5.37. The normalized spacial score (nSPS) is 22.2. The summed E-state index contributed by atoms with van der Waals surface area (Å²) in [7, 11) is 0. The van der Waals surface area contributed by atoms with E-state index in [9.17, 15) is 0 Å². The van der Waals surface area contributed by atoms with E-state index in [0.29, 0.717) is 5.41 Å². The van der Waals surface area contributed by atoms with Crippen molar-refractivity contribution in [3.05, 3.63) is 35.4 Å². The van der Waals surface area contributed by atoms with Crippen molar-refractivity contribution in [2.24, 2.45) is 5.92 Å². The van der Waals surface area contributed by atoms with Crippen molar-refractivity contribution in [3.8, 4) is 0 Å². The Balaban J connectivity index is 1.94. The summed E-state index contributed by atoms with van der Waals surface area (Å²) >= 11 is 0. The van der Waals surface area contributed by atoms with Gasteiger partial charge < -0.3 is 0 Å². The summed E-state index contributed by atoms with van der Waals surface area (Å²) in [5.74, 6) is 1.74. The molecule has 0 amide bonds. The van der Waals surface area contributed by atoms with Crippen LogP contribution in [0.5, 0.6) is 0 Å². The number of benzene rings is 1. The third-order valence-corrected chi connectivity index (χ3v) is 5.83. The molecular formula is C19H28. The molecule has 104 valence electrons. The fraction of sp³-hybridized carbons (Fsp3) is 0.684. The maximum absolute atomic E-state index is 2.50. The number of hydrogen-bond donors (Lipinski definition) is 0. The van der Waals surface area contributed by atoms with Crippen LogP contribution in [-0.2, 0) is 5.41 Å². The molecule has 19 heavy (non-hydrogen) atoms. The maximum Gasteiger partial charge on any atom is -0.00725 e. The van der Waals surface area contributed by atoms with E-state index in [1.54, 1.807) is 11.1 Å². The second-order valence-electron chi connectivity index (χ2n) is 7.27. The Kier molecular flexibility index (Phi) is 3.69. The molecule has 1 aromatic rings. The molecule has 0 aromatic heterocycles. The zero-order valence-electron chi connectivity index (χ0n) is 12.6. The third kappa shape index (κ3) is 2.47. The van der Waals surface area contributed by atoms with Crippen molar-refractivity contribution >= 4 is 0 Å². The minimum atomic E-state index is 0.371. The van der Waals surface area contributed by atoms with E-state index >= 15 is 0 Å². The van der Waals surface area contributed by atoms with Crippen molar-refractivity contribution in [1.82, 2.24) is 0 Å². The minimum absolute atomic E-state index is 0.371. The van der Waals surface area contributed by atoms with Crippen molar-refractivity contribution < 1.29 is 0 Å². The molecule has 0 aliphatic heterocycles. The van der Waals surface area contributed by atoms with Crippen molar-refractivity contribution in [3.63, 3.8) is 0 Å². The standard InChI is InChI=1S/C19H28/c1-19(2,16-11-5-6-12-16)18-14-8-7-13-17(18)15-9-3-4-10-15/h7-8,13-16H,3-6,9-12H2,1-2H3. The predicted molar refractivity (Wildman–Crippen MR) is 82.6 cm³/mol. The van der Waals surface area contributed by atoms with Crippen LogP contribution in [0.25, 0.3) is 0 Å². The summed E-state index contributed by atoms with van der Waals surface area (Å²) in [5.41, 5.74) is 3.71. The molecule has 0 heterocycles. The lowest BCUT2D eigenvalue weighted by Gasteiger charge is -2.35. The molecule has 0 spiro atoms. The first kappa shape index (κ1) is 13.2. The van der Waals surface area contributed by atoms with Gasteiger partial charge >= 0.3 is 0 Å². The Morgan fingerprint density at radius 3 is 2.11 bits per heavy atom.